The van der Waals surface area contributed by atoms with Crippen molar-refractivity contribution in [2.45, 2.75) is 44.9 Å². The molecule has 0 aromatic heterocycles. The summed E-state index contributed by atoms with van der Waals surface area (Å²) >= 11 is 0. The smallest absolute Gasteiger partial charge is 0.408 e. The maximum atomic E-state index is 12.2. The fourth-order valence-corrected chi connectivity index (χ4v) is 2.94. The van der Waals surface area contributed by atoms with E-state index in [0.29, 0.717) is 0 Å². The molecule has 4 nitrogen and oxygen atoms in total. The predicted molar refractivity (Wildman–Crippen MR) is 93.1 cm³/mol. The summed E-state index contributed by atoms with van der Waals surface area (Å²) in [6, 6.07) is 17.6. The number of ether oxygens (including phenoxy) is 2. The third-order valence-electron chi connectivity index (χ3n) is 3.88. The topological polar surface area (TPSA) is 47.6 Å². The number of para-hydroxylation sites is 1. The first-order valence-electron chi connectivity index (χ1n) is 8.21. The van der Waals surface area contributed by atoms with Crippen LogP contribution in [0.1, 0.15) is 38.0 Å². The number of hydrogen-bond donors (Lipinski definition) is 1. The Hall–Kier alpha value is -2.49. The number of fused-ring (bicyclic) bond motifs is 1. The molecule has 0 aliphatic heterocycles. The minimum Gasteiger partial charge on any atom is -0.484 e. The number of carbonyl (C=O) groups is 1. The highest BCUT2D eigenvalue weighted by molar-refractivity contribution is 5.68. The van der Waals surface area contributed by atoms with E-state index in [1.807, 2.05) is 63.2 Å². The SMILES string of the molecule is CC(C)(C)OC(=O)N[C@@H]1Cc2ccccc2[C@@H]1Oc1ccccc1. The lowest BCUT2D eigenvalue weighted by molar-refractivity contribution is 0.0456. The molecule has 0 bridgehead atoms. The first-order valence-corrected chi connectivity index (χ1v) is 8.21. The third-order valence-corrected chi connectivity index (χ3v) is 3.88. The summed E-state index contributed by atoms with van der Waals surface area (Å²) in [6.07, 6.45) is 0.0884. The molecule has 2 aromatic carbocycles. The van der Waals surface area contributed by atoms with Gasteiger partial charge >= 0.3 is 6.09 Å². The van der Waals surface area contributed by atoms with Crippen molar-refractivity contribution in [3.63, 3.8) is 0 Å². The van der Waals surface area contributed by atoms with E-state index < -0.39 is 11.7 Å². The van der Waals surface area contributed by atoms with Gasteiger partial charge in [0, 0.05) is 0 Å². The average molecular weight is 325 g/mol. The quantitative estimate of drug-likeness (QED) is 0.917. The standard InChI is InChI=1S/C20H23NO3/c1-20(2,3)24-19(22)21-17-13-14-9-7-8-12-16(14)18(17)23-15-10-5-4-6-11-15/h4-12,17-18H,13H2,1-3H3,(H,21,22)/t17-,18+/m1/s1. The molecule has 2 aromatic rings. The van der Waals surface area contributed by atoms with Crippen LogP contribution in [0.3, 0.4) is 0 Å². The lowest BCUT2D eigenvalue weighted by atomic mass is 10.1. The zero-order valence-corrected chi connectivity index (χ0v) is 14.3. The van der Waals surface area contributed by atoms with Crippen LogP contribution in [0.25, 0.3) is 0 Å². The largest absolute Gasteiger partial charge is 0.484 e. The lowest BCUT2D eigenvalue weighted by Gasteiger charge is -2.25. The first-order chi connectivity index (χ1) is 11.4. The Morgan fingerprint density at radius 1 is 1.04 bits per heavy atom. The highest BCUT2D eigenvalue weighted by Crippen LogP contribution is 2.35. The maximum Gasteiger partial charge on any atom is 0.408 e. The molecule has 1 amide bonds. The van der Waals surface area contributed by atoms with E-state index >= 15 is 0 Å². The summed E-state index contributed by atoms with van der Waals surface area (Å²) < 4.78 is 11.6. The molecule has 1 aliphatic rings. The van der Waals surface area contributed by atoms with E-state index in [1.165, 1.54) is 5.56 Å². The van der Waals surface area contributed by atoms with E-state index in [4.69, 9.17) is 9.47 Å². The molecule has 1 aliphatic carbocycles. The van der Waals surface area contributed by atoms with E-state index in [9.17, 15) is 4.79 Å². The Labute approximate surface area is 142 Å². The molecule has 0 radical (unpaired) electrons. The van der Waals surface area contributed by atoms with Gasteiger partial charge in [0.2, 0.25) is 0 Å². The minimum absolute atomic E-state index is 0.155. The summed E-state index contributed by atoms with van der Waals surface area (Å²) in [5, 5.41) is 2.97. The number of amides is 1. The van der Waals surface area contributed by atoms with Gasteiger partial charge in [0.25, 0.3) is 0 Å². The molecule has 24 heavy (non-hydrogen) atoms. The van der Waals surface area contributed by atoms with Crippen LogP contribution in [0.15, 0.2) is 54.6 Å². The van der Waals surface area contributed by atoms with Crippen LogP contribution < -0.4 is 10.1 Å². The monoisotopic (exact) mass is 325 g/mol. The van der Waals surface area contributed by atoms with Gasteiger partial charge in [0.1, 0.15) is 17.5 Å². The van der Waals surface area contributed by atoms with E-state index in [0.717, 1.165) is 17.7 Å². The van der Waals surface area contributed by atoms with Gasteiger partial charge in [-0.15, -0.1) is 0 Å². The molecule has 3 rings (SSSR count). The van der Waals surface area contributed by atoms with E-state index in [1.54, 1.807) is 0 Å². The zero-order valence-electron chi connectivity index (χ0n) is 14.3. The number of rotatable bonds is 3. The molecule has 0 fully saturated rings. The van der Waals surface area contributed by atoms with Crippen molar-refractivity contribution in [3.8, 4) is 5.75 Å². The number of benzene rings is 2. The van der Waals surface area contributed by atoms with Gasteiger partial charge in [0.05, 0.1) is 6.04 Å². The minimum atomic E-state index is -0.522. The molecule has 0 saturated heterocycles. The Kier molecular flexibility index (Phi) is 4.47. The summed E-state index contributed by atoms with van der Waals surface area (Å²) in [7, 11) is 0. The molecule has 0 spiro atoms. The van der Waals surface area contributed by atoms with Crippen LogP contribution >= 0.6 is 0 Å². The third kappa shape index (κ3) is 3.88. The van der Waals surface area contributed by atoms with Crippen LogP contribution in [0.5, 0.6) is 5.75 Å². The molecule has 126 valence electrons. The van der Waals surface area contributed by atoms with Crippen LogP contribution in [0.4, 0.5) is 4.79 Å². The van der Waals surface area contributed by atoms with Gasteiger partial charge < -0.3 is 14.8 Å². The number of nitrogens with one attached hydrogen (secondary N) is 1. The Balaban J connectivity index is 1.79. The summed E-state index contributed by atoms with van der Waals surface area (Å²) in [6.45, 7) is 5.57. The molecular weight excluding hydrogens is 302 g/mol. The fraction of sp³-hybridized carbons (Fsp3) is 0.350. The molecule has 0 unspecified atom stereocenters. The van der Waals surface area contributed by atoms with Gasteiger partial charge in [-0.25, -0.2) is 4.79 Å². The first kappa shape index (κ1) is 16.4. The molecule has 1 N–H and O–H groups in total. The molecule has 4 heteroatoms. The molecular formula is C20H23NO3. The summed E-state index contributed by atoms with van der Waals surface area (Å²) in [5.41, 5.74) is 1.78. The Bertz CT molecular complexity index is 706. The second kappa shape index (κ2) is 6.56. The summed E-state index contributed by atoms with van der Waals surface area (Å²) in [5.74, 6) is 0.787. The molecule has 2 atom stereocenters. The number of carbonyl (C=O) groups excluding carboxylic acids is 1. The molecule has 0 heterocycles. The van der Waals surface area contributed by atoms with Gasteiger partial charge in [-0.05, 0) is 50.5 Å². The van der Waals surface area contributed by atoms with Crippen molar-refractivity contribution in [2.75, 3.05) is 0 Å². The van der Waals surface area contributed by atoms with Crippen LogP contribution in [0.2, 0.25) is 0 Å². The highest BCUT2D eigenvalue weighted by Gasteiger charge is 2.36. The van der Waals surface area contributed by atoms with Crippen LogP contribution in [-0.4, -0.2) is 17.7 Å². The van der Waals surface area contributed by atoms with Gasteiger partial charge in [0.15, 0.2) is 0 Å². The maximum absolute atomic E-state index is 12.2. The fourth-order valence-electron chi connectivity index (χ4n) is 2.94. The van der Waals surface area contributed by atoms with E-state index in [2.05, 4.69) is 17.4 Å². The van der Waals surface area contributed by atoms with Crippen molar-refractivity contribution in [1.82, 2.24) is 5.32 Å². The predicted octanol–water partition coefficient (Wildman–Crippen LogP) is 4.26. The average Bonchev–Trinajstić information content (AvgIpc) is 2.84. The van der Waals surface area contributed by atoms with Crippen molar-refractivity contribution < 1.29 is 14.3 Å². The Morgan fingerprint density at radius 2 is 1.71 bits per heavy atom. The van der Waals surface area contributed by atoms with Crippen molar-refractivity contribution in [2.24, 2.45) is 0 Å². The lowest BCUT2D eigenvalue weighted by Crippen LogP contribution is -2.42. The van der Waals surface area contributed by atoms with Crippen molar-refractivity contribution in [1.29, 1.82) is 0 Å². The van der Waals surface area contributed by atoms with Crippen molar-refractivity contribution >= 4 is 6.09 Å². The zero-order chi connectivity index (χ0) is 17.2. The normalized spacial score (nSPS) is 19.5. The van der Waals surface area contributed by atoms with Gasteiger partial charge in [-0.1, -0.05) is 42.5 Å². The highest BCUT2D eigenvalue weighted by atomic mass is 16.6. The van der Waals surface area contributed by atoms with Crippen LogP contribution in [0, 0.1) is 0 Å². The second-order valence-corrected chi connectivity index (χ2v) is 7.01. The van der Waals surface area contributed by atoms with Gasteiger partial charge in [-0.2, -0.15) is 0 Å². The number of alkyl carbamates (subject to hydrolysis) is 1. The second-order valence-electron chi connectivity index (χ2n) is 7.01. The molecule has 0 saturated carbocycles. The summed E-state index contributed by atoms with van der Waals surface area (Å²) in [4.78, 5) is 12.2. The number of hydrogen-bond acceptors (Lipinski definition) is 3. The van der Waals surface area contributed by atoms with Gasteiger partial charge in [-0.3, -0.25) is 0 Å². The van der Waals surface area contributed by atoms with E-state index in [-0.39, 0.29) is 12.1 Å². The van der Waals surface area contributed by atoms with Crippen molar-refractivity contribution in [3.05, 3.63) is 65.7 Å². The Morgan fingerprint density at radius 3 is 2.42 bits per heavy atom. The van der Waals surface area contributed by atoms with Crippen LogP contribution in [-0.2, 0) is 11.2 Å².